The minimum absolute atomic E-state index is 0.0403. The van der Waals surface area contributed by atoms with Gasteiger partial charge in [-0.1, -0.05) is 12.1 Å². The summed E-state index contributed by atoms with van der Waals surface area (Å²) in [5.41, 5.74) is 2.40. The Morgan fingerprint density at radius 3 is 2.17 bits per heavy atom. The molecule has 1 saturated heterocycles. The smallest absolute Gasteiger partial charge is 0.261 e. The van der Waals surface area contributed by atoms with Crippen LogP contribution in [0.25, 0.3) is 0 Å². The average Bonchev–Trinajstić information content (AvgIpc) is 2.89. The van der Waals surface area contributed by atoms with E-state index in [1.54, 1.807) is 36.4 Å². The van der Waals surface area contributed by atoms with Crippen LogP contribution < -0.4 is 20.3 Å². The molecule has 35 heavy (non-hydrogen) atoms. The fourth-order valence-corrected chi connectivity index (χ4v) is 4.77. The average molecular weight is 495 g/mol. The van der Waals surface area contributed by atoms with E-state index in [0.717, 1.165) is 18.8 Å². The number of morpholine rings is 1. The molecule has 2 amide bonds. The zero-order chi connectivity index (χ0) is 24.8. The number of amides is 2. The lowest BCUT2D eigenvalue weighted by Crippen LogP contribution is -2.36. The van der Waals surface area contributed by atoms with Crippen molar-refractivity contribution in [2.45, 2.75) is 4.90 Å². The monoisotopic (exact) mass is 494 g/mol. The van der Waals surface area contributed by atoms with E-state index >= 15 is 0 Å². The molecule has 0 unspecified atom stereocenters. The minimum Gasteiger partial charge on any atom is -0.378 e. The normalized spacial score (nSPS) is 13.7. The van der Waals surface area contributed by atoms with E-state index in [2.05, 4.69) is 20.3 Å². The van der Waals surface area contributed by atoms with Gasteiger partial charge >= 0.3 is 0 Å². The third kappa shape index (κ3) is 5.97. The van der Waals surface area contributed by atoms with Crippen molar-refractivity contribution in [3.05, 3.63) is 83.9 Å². The molecular weight excluding hydrogens is 468 g/mol. The number of carbonyl (C=O) groups is 2. The highest BCUT2D eigenvalue weighted by Crippen LogP contribution is 2.22. The third-order valence-corrected chi connectivity index (χ3v) is 6.89. The van der Waals surface area contributed by atoms with Crippen molar-refractivity contribution in [3.63, 3.8) is 0 Å². The van der Waals surface area contributed by atoms with Crippen molar-refractivity contribution in [1.82, 2.24) is 5.32 Å². The van der Waals surface area contributed by atoms with Crippen LogP contribution in [0.5, 0.6) is 0 Å². The topological polar surface area (TPSA) is 117 Å². The van der Waals surface area contributed by atoms with Gasteiger partial charge in [-0.2, -0.15) is 0 Å². The van der Waals surface area contributed by atoms with Gasteiger partial charge in [0.1, 0.15) is 0 Å². The molecule has 10 heteroatoms. The SMILES string of the molecule is CNC(=O)c1cccc(NC(=O)c2cccc(S(=O)(=O)Nc3ccc(N4CCOCC4)cc3)c2)c1. The van der Waals surface area contributed by atoms with Gasteiger partial charge in [0.05, 0.1) is 18.1 Å². The summed E-state index contributed by atoms with van der Waals surface area (Å²) < 4.78 is 33.8. The fourth-order valence-electron chi connectivity index (χ4n) is 3.67. The second-order valence-corrected chi connectivity index (χ2v) is 9.58. The van der Waals surface area contributed by atoms with Crippen LogP contribution >= 0.6 is 0 Å². The maximum absolute atomic E-state index is 13.0. The molecule has 3 aromatic carbocycles. The summed E-state index contributed by atoms with van der Waals surface area (Å²) in [5, 5.41) is 5.22. The van der Waals surface area contributed by atoms with Gasteiger partial charge in [0.2, 0.25) is 0 Å². The Labute approximate surface area is 204 Å². The number of sulfonamides is 1. The Morgan fingerprint density at radius 1 is 0.829 bits per heavy atom. The molecule has 4 rings (SSSR count). The number of benzene rings is 3. The Hall–Kier alpha value is -3.89. The number of nitrogens with one attached hydrogen (secondary N) is 3. The van der Waals surface area contributed by atoms with Crippen molar-refractivity contribution in [3.8, 4) is 0 Å². The fraction of sp³-hybridized carbons (Fsp3) is 0.200. The number of nitrogens with zero attached hydrogens (tertiary/aromatic N) is 1. The predicted octanol–water partition coefficient (Wildman–Crippen LogP) is 2.94. The maximum atomic E-state index is 13.0. The molecular formula is C25H26N4O5S. The number of hydrogen-bond acceptors (Lipinski definition) is 6. The highest BCUT2D eigenvalue weighted by atomic mass is 32.2. The molecule has 0 atom stereocenters. The summed E-state index contributed by atoms with van der Waals surface area (Å²) in [6.07, 6.45) is 0. The molecule has 1 heterocycles. The molecule has 1 fully saturated rings. The lowest BCUT2D eigenvalue weighted by molar-refractivity contribution is 0.0961. The van der Waals surface area contributed by atoms with E-state index in [4.69, 9.17) is 4.74 Å². The molecule has 0 aliphatic carbocycles. The molecule has 1 aliphatic heterocycles. The van der Waals surface area contributed by atoms with E-state index in [0.29, 0.717) is 30.2 Å². The zero-order valence-corrected chi connectivity index (χ0v) is 20.0. The summed E-state index contributed by atoms with van der Waals surface area (Å²) in [7, 11) is -2.40. The van der Waals surface area contributed by atoms with Crippen LogP contribution in [-0.4, -0.2) is 53.6 Å². The lowest BCUT2D eigenvalue weighted by atomic mass is 10.1. The molecule has 0 radical (unpaired) electrons. The van der Waals surface area contributed by atoms with Crippen molar-refractivity contribution in [1.29, 1.82) is 0 Å². The van der Waals surface area contributed by atoms with Gasteiger partial charge in [-0.25, -0.2) is 8.42 Å². The molecule has 0 bridgehead atoms. The first-order valence-electron chi connectivity index (χ1n) is 11.0. The Bertz CT molecular complexity index is 1320. The highest BCUT2D eigenvalue weighted by molar-refractivity contribution is 7.92. The molecule has 0 saturated carbocycles. The van der Waals surface area contributed by atoms with E-state index in [1.165, 1.54) is 31.3 Å². The van der Waals surface area contributed by atoms with Gasteiger partial charge < -0.3 is 20.3 Å². The largest absolute Gasteiger partial charge is 0.378 e. The van der Waals surface area contributed by atoms with Crippen LogP contribution in [0.15, 0.2) is 77.7 Å². The number of rotatable bonds is 7. The number of ether oxygens (including phenoxy) is 1. The second-order valence-electron chi connectivity index (χ2n) is 7.89. The van der Waals surface area contributed by atoms with Gasteiger partial charge in [0.25, 0.3) is 21.8 Å². The van der Waals surface area contributed by atoms with Crippen molar-refractivity contribution < 1.29 is 22.7 Å². The molecule has 3 aromatic rings. The van der Waals surface area contributed by atoms with Crippen LogP contribution in [0.4, 0.5) is 17.1 Å². The minimum atomic E-state index is -3.92. The lowest BCUT2D eigenvalue weighted by Gasteiger charge is -2.28. The van der Waals surface area contributed by atoms with Crippen LogP contribution in [0.2, 0.25) is 0 Å². The summed E-state index contributed by atoms with van der Waals surface area (Å²) in [6, 6.07) is 19.4. The van der Waals surface area contributed by atoms with E-state index in [1.807, 2.05) is 12.1 Å². The molecule has 0 spiro atoms. The zero-order valence-electron chi connectivity index (χ0n) is 19.2. The van der Waals surface area contributed by atoms with Gasteiger partial charge in [-0.15, -0.1) is 0 Å². The predicted molar refractivity (Wildman–Crippen MR) is 135 cm³/mol. The van der Waals surface area contributed by atoms with Crippen LogP contribution in [0.1, 0.15) is 20.7 Å². The molecule has 3 N–H and O–H groups in total. The summed E-state index contributed by atoms with van der Waals surface area (Å²) in [5.74, 6) is -0.774. The van der Waals surface area contributed by atoms with Crippen LogP contribution in [-0.2, 0) is 14.8 Å². The number of carbonyl (C=O) groups excluding carboxylic acids is 2. The van der Waals surface area contributed by atoms with Crippen molar-refractivity contribution in [2.24, 2.45) is 0 Å². The summed E-state index contributed by atoms with van der Waals surface area (Å²) in [6.45, 7) is 2.90. The third-order valence-electron chi connectivity index (χ3n) is 5.51. The van der Waals surface area contributed by atoms with Crippen LogP contribution in [0, 0.1) is 0 Å². The highest BCUT2D eigenvalue weighted by Gasteiger charge is 2.18. The first-order chi connectivity index (χ1) is 16.9. The first-order valence-corrected chi connectivity index (χ1v) is 12.5. The first kappa shape index (κ1) is 24.2. The maximum Gasteiger partial charge on any atom is 0.261 e. The van der Waals surface area contributed by atoms with Crippen molar-refractivity contribution in [2.75, 3.05) is 48.3 Å². The molecule has 182 valence electrons. The van der Waals surface area contributed by atoms with Crippen LogP contribution in [0.3, 0.4) is 0 Å². The Kier molecular flexibility index (Phi) is 7.33. The van der Waals surface area contributed by atoms with Crippen molar-refractivity contribution >= 4 is 38.9 Å². The van der Waals surface area contributed by atoms with E-state index in [-0.39, 0.29) is 16.4 Å². The number of hydrogen-bond donors (Lipinski definition) is 3. The van der Waals surface area contributed by atoms with Gasteiger partial charge in [-0.3, -0.25) is 14.3 Å². The van der Waals surface area contributed by atoms with Gasteiger partial charge in [0, 0.05) is 48.3 Å². The molecule has 0 aromatic heterocycles. The summed E-state index contributed by atoms with van der Waals surface area (Å²) in [4.78, 5) is 26.7. The molecule has 1 aliphatic rings. The van der Waals surface area contributed by atoms with Gasteiger partial charge in [-0.05, 0) is 60.7 Å². The summed E-state index contributed by atoms with van der Waals surface area (Å²) >= 11 is 0. The molecule has 9 nitrogen and oxygen atoms in total. The van der Waals surface area contributed by atoms with E-state index < -0.39 is 15.9 Å². The standard InChI is InChI=1S/C25H26N4O5S/c1-26-24(30)18-4-2-6-21(16-18)27-25(31)19-5-3-7-23(17-19)35(32,33)28-20-8-10-22(11-9-20)29-12-14-34-15-13-29/h2-11,16-17,28H,12-15H2,1H3,(H,26,30)(H,27,31). The van der Waals surface area contributed by atoms with E-state index in [9.17, 15) is 18.0 Å². The Morgan fingerprint density at radius 2 is 1.49 bits per heavy atom. The van der Waals surface area contributed by atoms with Gasteiger partial charge in [0.15, 0.2) is 0 Å². The second kappa shape index (κ2) is 10.6. The number of anilines is 3. The Balaban J connectivity index is 1.46. The quantitative estimate of drug-likeness (QED) is 0.465.